The minimum Gasteiger partial charge on any atom is -0.493 e. The Labute approximate surface area is 191 Å². The smallest absolute Gasteiger partial charge is 0.326 e. The van der Waals surface area contributed by atoms with Gasteiger partial charge in [0.25, 0.3) is 11.8 Å². The normalized spacial score (nSPS) is 10.2. The summed E-state index contributed by atoms with van der Waals surface area (Å²) in [5.74, 6) is -0.551. The molecule has 0 aliphatic carbocycles. The number of nitrogens with one attached hydrogen (secondary N) is 2. The van der Waals surface area contributed by atoms with E-state index >= 15 is 0 Å². The number of rotatable bonds is 7. The van der Waals surface area contributed by atoms with Crippen LogP contribution in [0, 0.1) is 0 Å². The Hall–Kier alpha value is -4.53. The van der Waals surface area contributed by atoms with Crippen LogP contribution in [0.25, 0.3) is 0 Å². The Morgan fingerprint density at radius 2 is 1.45 bits per heavy atom. The first-order valence-corrected chi connectivity index (χ1v) is 9.91. The predicted octanol–water partition coefficient (Wildman–Crippen LogP) is 3.72. The van der Waals surface area contributed by atoms with Crippen LogP contribution in [0.2, 0.25) is 0 Å². The molecule has 33 heavy (non-hydrogen) atoms. The third-order valence-corrected chi connectivity index (χ3v) is 4.88. The second-order valence-electron chi connectivity index (χ2n) is 6.97. The van der Waals surface area contributed by atoms with E-state index in [9.17, 15) is 14.4 Å². The number of carbonyl (C=O) groups is 3. The second kappa shape index (κ2) is 10.2. The molecule has 0 atom stereocenters. The van der Waals surface area contributed by atoms with Gasteiger partial charge in [-0.15, -0.1) is 0 Å². The van der Waals surface area contributed by atoms with E-state index < -0.39 is 11.8 Å². The molecule has 0 fully saturated rings. The van der Waals surface area contributed by atoms with Gasteiger partial charge in [0.05, 0.1) is 25.5 Å². The molecule has 9 nitrogen and oxygen atoms in total. The van der Waals surface area contributed by atoms with Crippen molar-refractivity contribution >= 4 is 34.9 Å². The minimum absolute atomic E-state index is 0.0786. The highest BCUT2D eigenvalue weighted by atomic mass is 16.5. The van der Waals surface area contributed by atoms with Gasteiger partial charge in [0, 0.05) is 30.1 Å². The largest absolute Gasteiger partial charge is 0.493 e. The summed E-state index contributed by atoms with van der Waals surface area (Å²) in [6.45, 7) is 0. The molecule has 0 heterocycles. The van der Waals surface area contributed by atoms with Crippen molar-refractivity contribution in [3.8, 4) is 11.5 Å². The lowest BCUT2D eigenvalue weighted by Gasteiger charge is -2.18. The number of hydrogen-bond donors (Lipinski definition) is 3. The Morgan fingerprint density at radius 1 is 0.848 bits per heavy atom. The fourth-order valence-corrected chi connectivity index (χ4v) is 3.06. The van der Waals surface area contributed by atoms with E-state index in [0.29, 0.717) is 28.4 Å². The number of para-hydroxylation sites is 1. The van der Waals surface area contributed by atoms with Crippen LogP contribution in [-0.4, -0.2) is 39.1 Å². The van der Waals surface area contributed by atoms with Gasteiger partial charge in [-0.2, -0.15) is 0 Å². The fourth-order valence-electron chi connectivity index (χ4n) is 3.06. The number of primary amides is 1. The lowest BCUT2D eigenvalue weighted by molar-refractivity contribution is 0.100. The summed E-state index contributed by atoms with van der Waals surface area (Å²) in [4.78, 5) is 38.5. The molecule has 0 unspecified atom stereocenters. The Bertz CT molecular complexity index is 1160. The van der Waals surface area contributed by atoms with E-state index in [4.69, 9.17) is 15.2 Å². The van der Waals surface area contributed by atoms with Crippen molar-refractivity contribution in [2.45, 2.75) is 0 Å². The first-order chi connectivity index (χ1) is 15.8. The first kappa shape index (κ1) is 23.1. The van der Waals surface area contributed by atoms with Crippen molar-refractivity contribution < 1.29 is 23.9 Å². The number of carbonyl (C=O) groups excluding carboxylic acids is 3. The van der Waals surface area contributed by atoms with E-state index in [0.717, 1.165) is 0 Å². The molecule has 0 bridgehead atoms. The zero-order chi connectivity index (χ0) is 24.0. The standard InChI is InChI=1S/C24H24N4O5/c1-28(24(31)26-16-7-5-4-6-8-16)17-11-9-15(10-12-17)23(30)27-19-14-21(33-3)20(32-2)13-18(19)22(25)29/h4-14H,1-3H3,(H2,25,29)(H,26,31)(H,27,30). The monoisotopic (exact) mass is 448 g/mol. The third-order valence-electron chi connectivity index (χ3n) is 4.88. The molecule has 3 rings (SSSR count). The van der Waals surface area contributed by atoms with Crippen molar-refractivity contribution in [1.29, 1.82) is 0 Å². The number of benzene rings is 3. The molecule has 0 saturated carbocycles. The summed E-state index contributed by atoms with van der Waals surface area (Å²) in [7, 11) is 4.49. The number of nitrogens with zero attached hydrogens (tertiary/aromatic N) is 1. The van der Waals surface area contributed by atoms with Gasteiger partial charge in [0.15, 0.2) is 11.5 Å². The van der Waals surface area contributed by atoms with E-state index in [1.54, 1.807) is 43.4 Å². The summed E-state index contributed by atoms with van der Waals surface area (Å²) in [6.07, 6.45) is 0. The van der Waals surface area contributed by atoms with Crippen LogP contribution in [0.4, 0.5) is 21.9 Å². The quantitative estimate of drug-likeness (QED) is 0.508. The van der Waals surface area contributed by atoms with E-state index in [2.05, 4.69) is 10.6 Å². The molecule has 0 aromatic heterocycles. The fraction of sp³-hybridized carbons (Fsp3) is 0.125. The molecule has 4 amide bonds. The predicted molar refractivity (Wildman–Crippen MR) is 126 cm³/mol. The van der Waals surface area contributed by atoms with Crippen molar-refractivity contribution in [2.24, 2.45) is 5.73 Å². The molecule has 9 heteroatoms. The molecule has 170 valence electrons. The zero-order valence-corrected chi connectivity index (χ0v) is 18.4. The van der Waals surface area contributed by atoms with Gasteiger partial charge in [-0.1, -0.05) is 18.2 Å². The van der Waals surface area contributed by atoms with Gasteiger partial charge >= 0.3 is 6.03 Å². The Morgan fingerprint density at radius 3 is 2.03 bits per heavy atom. The molecule has 0 aliphatic heterocycles. The van der Waals surface area contributed by atoms with Gasteiger partial charge in [-0.05, 0) is 42.5 Å². The highest BCUT2D eigenvalue weighted by Crippen LogP contribution is 2.33. The van der Waals surface area contributed by atoms with E-state index in [1.807, 2.05) is 18.2 Å². The first-order valence-electron chi connectivity index (χ1n) is 9.91. The maximum atomic E-state index is 12.8. The van der Waals surface area contributed by atoms with Crippen molar-refractivity contribution in [3.63, 3.8) is 0 Å². The molecular weight excluding hydrogens is 424 g/mol. The zero-order valence-electron chi connectivity index (χ0n) is 18.4. The van der Waals surface area contributed by atoms with Gasteiger partial charge in [-0.3, -0.25) is 14.5 Å². The van der Waals surface area contributed by atoms with Gasteiger partial charge in [0.2, 0.25) is 0 Å². The number of amides is 4. The van der Waals surface area contributed by atoms with Gasteiger partial charge in [-0.25, -0.2) is 4.79 Å². The van der Waals surface area contributed by atoms with Crippen LogP contribution in [0.15, 0.2) is 66.7 Å². The average Bonchev–Trinajstić information content (AvgIpc) is 2.83. The van der Waals surface area contributed by atoms with E-state index in [1.165, 1.54) is 31.3 Å². The van der Waals surface area contributed by atoms with Crippen LogP contribution in [-0.2, 0) is 0 Å². The van der Waals surface area contributed by atoms with Crippen molar-refractivity contribution in [3.05, 3.63) is 77.9 Å². The SMILES string of the molecule is COc1cc(NC(=O)c2ccc(N(C)C(=O)Nc3ccccc3)cc2)c(C(N)=O)cc1OC. The van der Waals surface area contributed by atoms with Crippen molar-refractivity contribution in [2.75, 3.05) is 36.8 Å². The summed E-state index contributed by atoms with van der Waals surface area (Å²) >= 11 is 0. The molecule has 0 radical (unpaired) electrons. The van der Waals surface area contributed by atoms with Crippen LogP contribution in [0.3, 0.4) is 0 Å². The second-order valence-corrected chi connectivity index (χ2v) is 6.97. The molecule has 3 aromatic rings. The molecule has 0 aliphatic rings. The highest BCUT2D eigenvalue weighted by Gasteiger charge is 2.18. The van der Waals surface area contributed by atoms with Gasteiger partial charge in [0.1, 0.15) is 0 Å². The average molecular weight is 448 g/mol. The number of anilines is 3. The summed E-state index contributed by atoms with van der Waals surface area (Å²) < 4.78 is 10.4. The van der Waals surface area contributed by atoms with Crippen LogP contribution >= 0.6 is 0 Å². The maximum Gasteiger partial charge on any atom is 0.326 e. The maximum absolute atomic E-state index is 12.8. The van der Waals surface area contributed by atoms with Crippen LogP contribution in [0.1, 0.15) is 20.7 Å². The summed E-state index contributed by atoms with van der Waals surface area (Å²) in [5, 5.41) is 5.46. The number of urea groups is 1. The molecule has 4 N–H and O–H groups in total. The van der Waals surface area contributed by atoms with Crippen LogP contribution < -0.4 is 30.7 Å². The lowest BCUT2D eigenvalue weighted by atomic mass is 10.1. The summed E-state index contributed by atoms with van der Waals surface area (Å²) in [5.41, 5.74) is 7.30. The summed E-state index contributed by atoms with van der Waals surface area (Å²) in [6, 6.07) is 18.0. The topological polar surface area (TPSA) is 123 Å². The number of methoxy groups -OCH3 is 2. The van der Waals surface area contributed by atoms with Crippen LogP contribution in [0.5, 0.6) is 11.5 Å². The van der Waals surface area contributed by atoms with Crippen molar-refractivity contribution in [1.82, 2.24) is 0 Å². The molecule has 0 saturated heterocycles. The van der Waals surface area contributed by atoms with Gasteiger partial charge < -0.3 is 25.8 Å². The van der Waals surface area contributed by atoms with E-state index in [-0.39, 0.29) is 17.3 Å². The number of hydrogen-bond acceptors (Lipinski definition) is 5. The molecular formula is C24H24N4O5. The number of nitrogens with two attached hydrogens (primary N) is 1. The number of ether oxygens (including phenoxy) is 2. The lowest BCUT2D eigenvalue weighted by Crippen LogP contribution is -2.31. The Balaban J connectivity index is 1.75. The molecule has 3 aromatic carbocycles. The molecule has 0 spiro atoms. The Kier molecular flexibility index (Phi) is 7.14. The minimum atomic E-state index is -0.729. The highest BCUT2D eigenvalue weighted by molar-refractivity contribution is 6.09. The third kappa shape index (κ3) is 5.40.